The van der Waals surface area contributed by atoms with Crippen molar-refractivity contribution in [2.24, 2.45) is 0 Å². The van der Waals surface area contributed by atoms with Gasteiger partial charge in [0.05, 0.1) is 19.0 Å². The number of nitrogens with zero attached hydrogens (tertiary/aromatic N) is 5. The van der Waals surface area contributed by atoms with Gasteiger partial charge < -0.3 is 14.2 Å². The van der Waals surface area contributed by atoms with Gasteiger partial charge in [0.2, 0.25) is 0 Å². The molecule has 1 fully saturated rings. The van der Waals surface area contributed by atoms with Crippen LogP contribution < -0.4 is 4.90 Å². The maximum Gasteiger partial charge on any atom is 0.165 e. The summed E-state index contributed by atoms with van der Waals surface area (Å²) < 4.78 is 7.71. The molecule has 114 valence electrons. The van der Waals surface area contributed by atoms with Crippen LogP contribution in [0.4, 0.5) is 5.82 Å². The molecule has 0 aromatic carbocycles. The third-order valence-corrected chi connectivity index (χ3v) is 4.14. The fourth-order valence-corrected chi connectivity index (χ4v) is 3.02. The van der Waals surface area contributed by atoms with Gasteiger partial charge in [-0.3, -0.25) is 0 Å². The molecule has 21 heavy (non-hydrogen) atoms. The lowest BCUT2D eigenvalue weighted by Crippen LogP contribution is -2.43. The van der Waals surface area contributed by atoms with Crippen molar-refractivity contribution in [1.29, 1.82) is 0 Å². The molecule has 1 atom stereocenters. The van der Waals surface area contributed by atoms with Gasteiger partial charge in [-0.2, -0.15) is 0 Å². The quantitative estimate of drug-likeness (QED) is 0.845. The zero-order valence-electron chi connectivity index (χ0n) is 12.8. The third-order valence-electron chi connectivity index (χ3n) is 4.14. The summed E-state index contributed by atoms with van der Waals surface area (Å²) in [6, 6.07) is 0.392. The molecule has 0 spiro atoms. The average molecular weight is 289 g/mol. The van der Waals surface area contributed by atoms with Gasteiger partial charge in [0.25, 0.3) is 0 Å². The zero-order valence-corrected chi connectivity index (χ0v) is 12.8. The largest absolute Gasteiger partial charge is 0.380 e. The monoisotopic (exact) mass is 289 g/mol. The minimum Gasteiger partial charge on any atom is -0.380 e. The van der Waals surface area contributed by atoms with E-state index in [9.17, 15) is 0 Å². The van der Waals surface area contributed by atoms with Crippen LogP contribution >= 0.6 is 0 Å². The van der Waals surface area contributed by atoms with Gasteiger partial charge in [-0.1, -0.05) is 0 Å². The van der Waals surface area contributed by atoms with Gasteiger partial charge >= 0.3 is 0 Å². The second-order valence-electron chi connectivity index (χ2n) is 5.40. The Bertz CT molecular complexity index is 597. The number of rotatable bonds is 5. The molecule has 0 radical (unpaired) electrons. The molecule has 0 unspecified atom stereocenters. The van der Waals surface area contributed by atoms with Crippen molar-refractivity contribution in [3.05, 3.63) is 12.7 Å². The van der Waals surface area contributed by atoms with E-state index < -0.39 is 0 Å². The predicted octanol–water partition coefficient (Wildman–Crippen LogP) is 2.24. The molecule has 6 nitrogen and oxygen atoms in total. The van der Waals surface area contributed by atoms with E-state index in [4.69, 9.17) is 4.74 Å². The van der Waals surface area contributed by atoms with Gasteiger partial charge in [0.1, 0.15) is 6.33 Å². The molecule has 3 heterocycles. The van der Waals surface area contributed by atoms with Crippen LogP contribution in [0.2, 0.25) is 0 Å². The van der Waals surface area contributed by atoms with E-state index in [1.807, 2.05) is 13.3 Å². The summed E-state index contributed by atoms with van der Waals surface area (Å²) in [6.07, 6.45) is 7.11. The maximum absolute atomic E-state index is 5.65. The molecule has 1 aliphatic rings. The molecular formula is C15H23N5O. The Labute approximate surface area is 125 Å². The van der Waals surface area contributed by atoms with Crippen molar-refractivity contribution in [3.63, 3.8) is 0 Å². The van der Waals surface area contributed by atoms with Crippen molar-refractivity contribution >= 4 is 17.0 Å². The highest BCUT2D eigenvalue weighted by Crippen LogP contribution is 2.28. The fourth-order valence-electron chi connectivity index (χ4n) is 3.02. The topological polar surface area (TPSA) is 56.1 Å². The van der Waals surface area contributed by atoms with Crippen LogP contribution in [0, 0.1) is 0 Å². The maximum atomic E-state index is 5.65. The van der Waals surface area contributed by atoms with Crippen LogP contribution in [0.15, 0.2) is 12.7 Å². The highest BCUT2D eigenvalue weighted by molar-refractivity contribution is 5.83. The van der Waals surface area contributed by atoms with Crippen LogP contribution in [0.3, 0.4) is 0 Å². The number of aryl methyl sites for hydroxylation is 1. The summed E-state index contributed by atoms with van der Waals surface area (Å²) in [5.41, 5.74) is 1.82. The van der Waals surface area contributed by atoms with E-state index >= 15 is 0 Å². The number of ether oxygens (including phenoxy) is 1. The molecule has 0 aliphatic carbocycles. The van der Waals surface area contributed by atoms with E-state index in [1.54, 1.807) is 6.33 Å². The molecule has 2 aromatic rings. The first kappa shape index (κ1) is 14.3. The second-order valence-corrected chi connectivity index (χ2v) is 5.40. The first-order valence-electron chi connectivity index (χ1n) is 7.85. The standard InChI is InChI=1S/C15H23N5O/c1-3-19-11-18-13-14(19)16-10-17-15(13)20-8-6-5-7-12(20)9-21-4-2/h10-12H,3-9H2,1-2H3/t12-/m1/s1. The first-order valence-corrected chi connectivity index (χ1v) is 7.85. The summed E-state index contributed by atoms with van der Waals surface area (Å²) in [5, 5.41) is 0. The van der Waals surface area contributed by atoms with Crippen molar-refractivity contribution in [1.82, 2.24) is 19.5 Å². The number of imidazole rings is 1. The molecule has 0 amide bonds. The lowest BCUT2D eigenvalue weighted by molar-refractivity contribution is 0.123. The van der Waals surface area contributed by atoms with E-state index in [0.29, 0.717) is 6.04 Å². The Kier molecular flexibility index (Phi) is 4.34. The van der Waals surface area contributed by atoms with Crippen LogP contribution in [0.1, 0.15) is 33.1 Å². The van der Waals surface area contributed by atoms with Crippen molar-refractivity contribution in [2.75, 3.05) is 24.7 Å². The lowest BCUT2D eigenvalue weighted by Gasteiger charge is -2.36. The Morgan fingerprint density at radius 2 is 2.14 bits per heavy atom. The molecule has 6 heteroatoms. The average Bonchev–Trinajstić information content (AvgIpc) is 2.96. The number of anilines is 1. The predicted molar refractivity (Wildman–Crippen MR) is 82.5 cm³/mol. The molecule has 2 aromatic heterocycles. The SMILES string of the molecule is CCOC[C@H]1CCCCN1c1ncnc2c1ncn2CC. The van der Waals surface area contributed by atoms with Crippen LogP contribution in [0.25, 0.3) is 11.2 Å². The number of fused-ring (bicyclic) bond motifs is 1. The molecule has 0 N–H and O–H groups in total. The Balaban J connectivity index is 1.95. The normalized spacial score (nSPS) is 19.3. The minimum absolute atomic E-state index is 0.392. The van der Waals surface area contributed by atoms with Gasteiger partial charge in [-0.05, 0) is 33.1 Å². The van der Waals surface area contributed by atoms with Gasteiger partial charge in [0.15, 0.2) is 17.0 Å². The molecule has 0 saturated carbocycles. The smallest absolute Gasteiger partial charge is 0.165 e. The van der Waals surface area contributed by atoms with Crippen molar-refractivity contribution in [3.8, 4) is 0 Å². The fraction of sp³-hybridized carbons (Fsp3) is 0.667. The lowest BCUT2D eigenvalue weighted by atomic mass is 10.0. The molecule has 1 saturated heterocycles. The summed E-state index contributed by atoms with van der Waals surface area (Å²) in [6.45, 7) is 7.54. The number of piperidine rings is 1. The highest BCUT2D eigenvalue weighted by Gasteiger charge is 2.26. The van der Waals surface area contributed by atoms with Crippen molar-refractivity contribution < 1.29 is 4.74 Å². The number of hydrogen-bond donors (Lipinski definition) is 0. The highest BCUT2D eigenvalue weighted by atomic mass is 16.5. The molecule has 0 bridgehead atoms. The Morgan fingerprint density at radius 3 is 2.95 bits per heavy atom. The molecule has 3 rings (SSSR count). The Hall–Kier alpha value is -1.69. The first-order chi connectivity index (χ1) is 10.3. The molecular weight excluding hydrogens is 266 g/mol. The summed E-state index contributed by atoms with van der Waals surface area (Å²) in [5.74, 6) is 0.955. The van der Waals surface area contributed by atoms with E-state index in [-0.39, 0.29) is 0 Å². The number of aromatic nitrogens is 4. The molecule has 1 aliphatic heterocycles. The zero-order chi connectivity index (χ0) is 14.7. The summed E-state index contributed by atoms with van der Waals surface area (Å²) in [4.78, 5) is 15.8. The van der Waals surface area contributed by atoms with Gasteiger partial charge in [-0.25, -0.2) is 15.0 Å². The van der Waals surface area contributed by atoms with E-state index in [0.717, 1.165) is 49.7 Å². The van der Waals surface area contributed by atoms with E-state index in [1.165, 1.54) is 12.8 Å². The van der Waals surface area contributed by atoms with E-state index in [2.05, 4.69) is 31.3 Å². The second kappa shape index (κ2) is 6.39. The summed E-state index contributed by atoms with van der Waals surface area (Å²) in [7, 11) is 0. The Morgan fingerprint density at radius 1 is 1.24 bits per heavy atom. The van der Waals surface area contributed by atoms with Gasteiger partial charge in [0, 0.05) is 19.7 Å². The minimum atomic E-state index is 0.392. The van der Waals surface area contributed by atoms with Crippen LogP contribution in [0.5, 0.6) is 0 Å². The number of hydrogen-bond acceptors (Lipinski definition) is 5. The van der Waals surface area contributed by atoms with Crippen LogP contribution in [-0.4, -0.2) is 45.3 Å². The van der Waals surface area contributed by atoms with Crippen molar-refractivity contribution in [2.45, 2.75) is 45.7 Å². The van der Waals surface area contributed by atoms with Gasteiger partial charge in [-0.15, -0.1) is 0 Å². The van der Waals surface area contributed by atoms with Crippen LogP contribution in [-0.2, 0) is 11.3 Å². The third kappa shape index (κ3) is 2.72. The summed E-state index contributed by atoms with van der Waals surface area (Å²) >= 11 is 0.